The fraction of sp³-hybridized carbons (Fsp3) is 0.348. The first-order valence-corrected chi connectivity index (χ1v) is 21.1. The number of nitrogens with one attached hydrogen (secondary N) is 4. The lowest BCUT2D eigenvalue weighted by Crippen LogP contribution is -2.54. The number of piperidine rings is 1. The molecule has 1 aliphatic carbocycles. The van der Waals surface area contributed by atoms with Crippen LogP contribution >= 0.6 is 0 Å². The molecule has 3 fully saturated rings. The molecule has 1 atom stereocenters. The van der Waals surface area contributed by atoms with Gasteiger partial charge in [-0.2, -0.15) is 5.26 Å². The van der Waals surface area contributed by atoms with E-state index in [0.717, 1.165) is 79.5 Å². The van der Waals surface area contributed by atoms with Crippen LogP contribution in [0.1, 0.15) is 76.8 Å². The fourth-order valence-electron chi connectivity index (χ4n) is 8.73. The number of pyridine rings is 1. The second-order valence-electron chi connectivity index (χ2n) is 16.0. The molecule has 16 nitrogen and oxygen atoms in total. The van der Waals surface area contributed by atoms with Crippen molar-refractivity contribution in [3.8, 4) is 6.07 Å². The van der Waals surface area contributed by atoms with E-state index in [2.05, 4.69) is 54.3 Å². The van der Waals surface area contributed by atoms with Crippen LogP contribution < -0.4 is 31.1 Å². The number of rotatable bonds is 12. The molecule has 4 aromatic rings. The van der Waals surface area contributed by atoms with Gasteiger partial charge in [0.2, 0.25) is 17.7 Å². The number of nitriles is 1. The molecule has 0 bridgehead atoms. The number of aromatic nitrogens is 1. The molecule has 7 amide bonds. The monoisotopic (exact) mass is 836 g/mol. The number of carbonyl (C=O) groups excluding carboxylic acids is 6. The first-order valence-electron chi connectivity index (χ1n) is 21.1. The first kappa shape index (κ1) is 41.6. The fourth-order valence-corrected chi connectivity index (χ4v) is 8.73. The van der Waals surface area contributed by atoms with E-state index in [1.54, 1.807) is 24.4 Å². The van der Waals surface area contributed by atoms with Crippen molar-refractivity contribution in [2.75, 3.05) is 53.2 Å². The van der Waals surface area contributed by atoms with Crippen molar-refractivity contribution in [2.45, 2.75) is 69.6 Å². The smallest absolute Gasteiger partial charge is 0.322 e. The second-order valence-corrected chi connectivity index (χ2v) is 16.0. The highest BCUT2D eigenvalue weighted by molar-refractivity contribution is 6.26. The molecule has 0 radical (unpaired) electrons. The predicted molar refractivity (Wildman–Crippen MR) is 231 cm³/mol. The summed E-state index contributed by atoms with van der Waals surface area (Å²) >= 11 is 0. The van der Waals surface area contributed by atoms with E-state index in [1.807, 2.05) is 53.4 Å². The highest BCUT2D eigenvalue weighted by Gasteiger charge is 2.45. The van der Waals surface area contributed by atoms with Gasteiger partial charge in [-0.25, -0.2) is 9.78 Å². The molecule has 4 heterocycles. The standard InChI is InChI=1S/C46H48N10O6/c47-27-31-9-19-39(48-29-31)50-32-10-12-34(13-11-32)55(46(62)49-28-30-5-2-1-3-6-30)35-16-14-33(15-17-35)54-25-23-53(24-26-54)22-21-41(58)51-37-8-4-7-36-42(37)45(61)56(44(36)60)38-18-20-40(57)52-43(38)59/h1-9,14-17,19,29,32,34,38H,10-13,18,20-26,28H2,(H,48,50)(H,49,62)(H,51,58)(H,52,57,59). The van der Waals surface area contributed by atoms with Gasteiger partial charge in [0, 0.05) is 81.8 Å². The van der Waals surface area contributed by atoms with Crippen LogP contribution in [0.5, 0.6) is 0 Å². The molecule has 4 aliphatic rings. The first-order chi connectivity index (χ1) is 30.1. The van der Waals surface area contributed by atoms with E-state index in [1.165, 1.54) is 6.07 Å². The van der Waals surface area contributed by atoms with Gasteiger partial charge in [-0.05, 0) is 86.2 Å². The molecular weight excluding hydrogens is 789 g/mol. The van der Waals surface area contributed by atoms with E-state index >= 15 is 0 Å². The molecule has 62 heavy (non-hydrogen) atoms. The van der Waals surface area contributed by atoms with Gasteiger partial charge < -0.3 is 20.9 Å². The van der Waals surface area contributed by atoms with Gasteiger partial charge in [0.05, 0.1) is 22.4 Å². The maximum atomic E-state index is 13.9. The van der Waals surface area contributed by atoms with Crippen molar-refractivity contribution in [2.24, 2.45) is 0 Å². The SMILES string of the molecule is N#Cc1ccc(NC2CCC(N(C(=O)NCc3ccccc3)c3ccc(N4CCN(CCC(=O)Nc5cccc6c5C(=O)N(C5CCC(=O)NC5=O)C6=O)CC4)cc3)CC2)nc1. The topological polar surface area (TPSA) is 200 Å². The second kappa shape index (κ2) is 18.7. The van der Waals surface area contributed by atoms with E-state index in [0.29, 0.717) is 18.7 Å². The summed E-state index contributed by atoms with van der Waals surface area (Å²) in [5.41, 5.74) is 3.77. The maximum absolute atomic E-state index is 13.9. The zero-order valence-electron chi connectivity index (χ0n) is 34.2. The highest BCUT2D eigenvalue weighted by Crippen LogP contribution is 2.33. The van der Waals surface area contributed by atoms with E-state index in [-0.39, 0.29) is 60.1 Å². The number of piperazine rings is 1. The molecule has 16 heteroatoms. The zero-order valence-corrected chi connectivity index (χ0v) is 34.2. The molecule has 1 unspecified atom stereocenters. The van der Waals surface area contributed by atoms with Crippen molar-refractivity contribution < 1.29 is 28.8 Å². The number of nitrogens with zero attached hydrogens (tertiary/aromatic N) is 6. The van der Waals surface area contributed by atoms with Crippen LogP contribution in [0, 0.1) is 11.3 Å². The quantitative estimate of drug-likeness (QED) is 0.145. The Bertz CT molecular complexity index is 2370. The van der Waals surface area contributed by atoms with Gasteiger partial charge in [0.1, 0.15) is 17.9 Å². The molecule has 4 N–H and O–H groups in total. The van der Waals surface area contributed by atoms with E-state index in [9.17, 15) is 28.8 Å². The summed E-state index contributed by atoms with van der Waals surface area (Å²) in [7, 11) is 0. The van der Waals surface area contributed by atoms with Gasteiger partial charge in [-0.15, -0.1) is 0 Å². The number of carbonyl (C=O) groups is 6. The molecule has 318 valence electrons. The van der Waals surface area contributed by atoms with Crippen molar-refractivity contribution in [3.63, 3.8) is 0 Å². The minimum Gasteiger partial charge on any atom is -0.369 e. The summed E-state index contributed by atoms with van der Waals surface area (Å²) in [6.45, 7) is 3.86. The number of amides is 7. The molecule has 8 rings (SSSR count). The number of fused-ring (bicyclic) bond motifs is 1. The van der Waals surface area contributed by atoms with Crippen molar-refractivity contribution in [3.05, 3.63) is 113 Å². The maximum Gasteiger partial charge on any atom is 0.322 e. The molecule has 1 aromatic heterocycles. The minimum atomic E-state index is -1.09. The Morgan fingerprint density at radius 1 is 0.839 bits per heavy atom. The van der Waals surface area contributed by atoms with Gasteiger partial charge in [-0.1, -0.05) is 36.4 Å². The Morgan fingerprint density at radius 3 is 2.29 bits per heavy atom. The number of urea groups is 1. The average Bonchev–Trinajstić information content (AvgIpc) is 3.55. The molecule has 3 aromatic carbocycles. The van der Waals surface area contributed by atoms with Gasteiger partial charge >= 0.3 is 6.03 Å². The van der Waals surface area contributed by atoms with Crippen LogP contribution in [0.3, 0.4) is 0 Å². The third-order valence-corrected chi connectivity index (χ3v) is 12.1. The van der Waals surface area contributed by atoms with Crippen LogP contribution in [0.25, 0.3) is 0 Å². The highest BCUT2D eigenvalue weighted by atomic mass is 16.2. The Hall–Kier alpha value is -7.12. The van der Waals surface area contributed by atoms with Crippen LogP contribution in [-0.4, -0.2) is 101 Å². The number of imide groups is 2. The average molecular weight is 837 g/mol. The van der Waals surface area contributed by atoms with Crippen LogP contribution in [0.4, 0.5) is 27.7 Å². The Labute approximate surface area is 359 Å². The summed E-state index contributed by atoms with van der Waals surface area (Å²) in [5, 5.41) is 20.7. The minimum absolute atomic E-state index is 0.00246. The summed E-state index contributed by atoms with van der Waals surface area (Å²) in [6, 6.07) is 27.3. The van der Waals surface area contributed by atoms with Crippen molar-refractivity contribution in [1.82, 2.24) is 25.4 Å². The van der Waals surface area contributed by atoms with E-state index in [4.69, 9.17) is 5.26 Å². The molecule has 0 spiro atoms. The lowest BCUT2D eigenvalue weighted by molar-refractivity contribution is -0.136. The van der Waals surface area contributed by atoms with Crippen LogP contribution in [-0.2, 0) is 20.9 Å². The van der Waals surface area contributed by atoms with Crippen molar-refractivity contribution in [1.29, 1.82) is 5.26 Å². The summed E-state index contributed by atoms with van der Waals surface area (Å²) in [6.07, 6.45) is 5.14. The van der Waals surface area contributed by atoms with Gasteiger partial charge in [0.25, 0.3) is 11.8 Å². The molecule has 1 saturated carbocycles. The molecule has 2 saturated heterocycles. The Morgan fingerprint density at radius 2 is 1.60 bits per heavy atom. The summed E-state index contributed by atoms with van der Waals surface area (Å²) in [4.78, 5) is 89.5. The lowest BCUT2D eigenvalue weighted by atomic mass is 9.90. The largest absolute Gasteiger partial charge is 0.369 e. The Balaban J connectivity index is 0.845. The van der Waals surface area contributed by atoms with Crippen LogP contribution in [0.2, 0.25) is 0 Å². The van der Waals surface area contributed by atoms with E-state index < -0.39 is 29.7 Å². The third kappa shape index (κ3) is 9.27. The normalized spacial score (nSPS) is 20.2. The third-order valence-electron chi connectivity index (χ3n) is 12.1. The van der Waals surface area contributed by atoms with Gasteiger partial charge in [-0.3, -0.25) is 44.0 Å². The van der Waals surface area contributed by atoms with Gasteiger partial charge in [0.15, 0.2) is 0 Å². The number of benzene rings is 3. The number of anilines is 4. The predicted octanol–water partition coefficient (Wildman–Crippen LogP) is 4.64. The number of hydrogen-bond donors (Lipinski definition) is 4. The lowest BCUT2D eigenvalue weighted by Gasteiger charge is -2.38. The van der Waals surface area contributed by atoms with Crippen LogP contribution in [0.15, 0.2) is 91.1 Å². The zero-order chi connectivity index (χ0) is 43.2. The molecule has 3 aliphatic heterocycles. The summed E-state index contributed by atoms with van der Waals surface area (Å²) < 4.78 is 0. The molecular formula is C46H48N10O6. The number of hydrogen-bond acceptors (Lipinski definition) is 11. The summed E-state index contributed by atoms with van der Waals surface area (Å²) in [5.74, 6) is -2.01. The Kier molecular flexibility index (Phi) is 12.5. The van der Waals surface area contributed by atoms with Crippen molar-refractivity contribution >= 4 is 58.4 Å².